The summed E-state index contributed by atoms with van der Waals surface area (Å²) >= 11 is 5.42. The second-order valence-electron chi connectivity index (χ2n) is 4.48. The van der Waals surface area contributed by atoms with E-state index in [0.717, 1.165) is 16.7 Å². The maximum absolute atomic E-state index is 5.42. The number of pyridine rings is 2. The van der Waals surface area contributed by atoms with Gasteiger partial charge in [0.05, 0.1) is 18.7 Å². The number of fused-ring (bicyclic) bond motifs is 1. The van der Waals surface area contributed by atoms with E-state index >= 15 is 0 Å². The van der Waals surface area contributed by atoms with Crippen LogP contribution < -0.4 is 4.74 Å². The molecule has 1 unspecified atom stereocenters. The number of aromatic amines is 1. The van der Waals surface area contributed by atoms with E-state index in [-0.39, 0.29) is 6.04 Å². The van der Waals surface area contributed by atoms with Gasteiger partial charge in [-0.15, -0.1) is 0 Å². The molecule has 0 aliphatic heterocycles. The largest absolute Gasteiger partial charge is 0.481 e. The van der Waals surface area contributed by atoms with E-state index in [0.29, 0.717) is 10.7 Å². The Bertz CT molecular complexity index is 794. The van der Waals surface area contributed by atoms with Crippen LogP contribution in [0.25, 0.3) is 11.2 Å². The summed E-state index contributed by atoms with van der Waals surface area (Å²) in [5, 5.41) is 0. The number of hydrogen-bond acceptors (Lipinski definition) is 4. The third kappa shape index (κ3) is 2.08. The summed E-state index contributed by atoms with van der Waals surface area (Å²) in [6.07, 6.45) is 3.55. The molecule has 0 bridgehead atoms. The number of hydrogen-bond donors (Lipinski definition) is 1. The van der Waals surface area contributed by atoms with E-state index in [2.05, 4.69) is 21.9 Å². The van der Waals surface area contributed by atoms with Crippen molar-refractivity contribution in [3.8, 4) is 5.88 Å². The molecule has 20 heavy (non-hydrogen) atoms. The Labute approximate surface area is 121 Å². The molecular weight excluding hydrogens is 272 g/mol. The summed E-state index contributed by atoms with van der Waals surface area (Å²) in [6.45, 7) is 2.08. The van der Waals surface area contributed by atoms with Gasteiger partial charge in [0, 0.05) is 18.5 Å². The van der Waals surface area contributed by atoms with Gasteiger partial charge in [0.25, 0.3) is 0 Å². The zero-order valence-corrected chi connectivity index (χ0v) is 12.0. The van der Waals surface area contributed by atoms with Gasteiger partial charge in [-0.2, -0.15) is 4.98 Å². The average molecular weight is 286 g/mol. The van der Waals surface area contributed by atoms with Gasteiger partial charge in [-0.25, -0.2) is 0 Å². The number of imidazole rings is 1. The Morgan fingerprint density at radius 1 is 1.25 bits per heavy atom. The first-order valence-electron chi connectivity index (χ1n) is 6.26. The first-order chi connectivity index (χ1) is 9.70. The fourth-order valence-corrected chi connectivity index (χ4v) is 2.60. The van der Waals surface area contributed by atoms with Crippen LogP contribution in [0, 0.1) is 4.77 Å². The zero-order valence-electron chi connectivity index (χ0n) is 11.2. The molecule has 3 aromatic heterocycles. The minimum Gasteiger partial charge on any atom is -0.481 e. The Balaban J connectivity index is 2.20. The molecule has 102 valence electrons. The van der Waals surface area contributed by atoms with Crippen LogP contribution in [0.4, 0.5) is 0 Å². The number of aromatic nitrogens is 4. The molecule has 1 atom stereocenters. The Hall–Kier alpha value is -2.21. The molecule has 0 fully saturated rings. The summed E-state index contributed by atoms with van der Waals surface area (Å²) in [5.74, 6) is 0.571. The van der Waals surface area contributed by atoms with Crippen molar-refractivity contribution in [1.82, 2.24) is 19.5 Å². The highest BCUT2D eigenvalue weighted by atomic mass is 32.1. The van der Waals surface area contributed by atoms with Crippen LogP contribution in [0.15, 0.2) is 36.7 Å². The molecule has 6 heteroatoms. The van der Waals surface area contributed by atoms with Gasteiger partial charge in [-0.1, -0.05) is 0 Å². The van der Waals surface area contributed by atoms with Crippen LogP contribution in [0.5, 0.6) is 5.88 Å². The molecule has 0 aliphatic rings. The van der Waals surface area contributed by atoms with Crippen molar-refractivity contribution in [2.24, 2.45) is 0 Å². The van der Waals surface area contributed by atoms with Crippen LogP contribution in [0.3, 0.4) is 0 Å². The van der Waals surface area contributed by atoms with E-state index in [4.69, 9.17) is 17.0 Å². The molecule has 0 spiro atoms. The van der Waals surface area contributed by atoms with Gasteiger partial charge in [0.2, 0.25) is 5.88 Å². The zero-order chi connectivity index (χ0) is 14.1. The lowest BCUT2D eigenvalue weighted by Crippen LogP contribution is -2.07. The van der Waals surface area contributed by atoms with Crippen LogP contribution >= 0.6 is 12.2 Å². The van der Waals surface area contributed by atoms with Gasteiger partial charge in [-0.3, -0.25) is 9.55 Å². The van der Waals surface area contributed by atoms with Gasteiger partial charge >= 0.3 is 0 Å². The van der Waals surface area contributed by atoms with Crippen LogP contribution in [-0.4, -0.2) is 26.6 Å². The van der Waals surface area contributed by atoms with Crippen molar-refractivity contribution in [2.75, 3.05) is 7.11 Å². The third-order valence-electron chi connectivity index (χ3n) is 3.32. The van der Waals surface area contributed by atoms with Crippen molar-refractivity contribution in [1.29, 1.82) is 0 Å². The van der Waals surface area contributed by atoms with Gasteiger partial charge in [0.1, 0.15) is 0 Å². The lowest BCUT2D eigenvalue weighted by molar-refractivity contribution is 0.398. The number of nitrogens with zero attached hydrogens (tertiary/aromatic N) is 3. The van der Waals surface area contributed by atoms with Crippen molar-refractivity contribution >= 4 is 23.4 Å². The normalized spacial score (nSPS) is 12.5. The summed E-state index contributed by atoms with van der Waals surface area (Å²) < 4.78 is 7.82. The van der Waals surface area contributed by atoms with Crippen LogP contribution in [0.1, 0.15) is 18.5 Å². The van der Waals surface area contributed by atoms with Crippen molar-refractivity contribution in [3.05, 3.63) is 47.0 Å². The minimum absolute atomic E-state index is 0.0684. The predicted molar refractivity (Wildman–Crippen MR) is 79.5 cm³/mol. The molecule has 5 nitrogen and oxygen atoms in total. The Morgan fingerprint density at radius 2 is 2.00 bits per heavy atom. The summed E-state index contributed by atoms with van der Waals surface area (Å²) in [7, 11) is 1.60. The van der Waals surface area contributed by atoms with Gasteiger partial charge in [0.15, 0.2) is 10.4 Å². The van der Waals surface area contributed by atoms with Crippen molar-refractivity contribution < 1.29 is 4.74 Å². The molecule has 1 N–H and O–H groups in total. The monoisotopic (exact) mass is 286 g/mol. The molecule has 3 rings (SSSR count). The molecule has 0 saturated heterocycles. The van der Waals surface area contributed by atoms with E-state index < -0.39 is 0 Å². The van der Waals surface area contributed by atoms with E-state index in [1.165, 1.54) is 0 Å². The van der Waals surface area contributed by atoms with Gasteiger partial charge < -0.3 is 9.72 Å². The second kappa shape index (κ2) is 5.05. The molecule has 0 saturated carbocycles. The highest BCUT2D eigenvalue weighted by molar-refractivity contribution is 7.71. The molecule has 3 heterocycles. The number of nitrogens with one attached hydrogen (secondary N) is 1. The number of H-pyrrole nitrogens is 1. The summed E-state index contributed by atoms with van der Waals surface area (Å²) in [5.41, 5.74) is 2.82. The van der Waals surface area contributed by atoms with Crippen LogP contribution in [-0.2, 0) is 0 Å². The standard InChI is InChI=1S/C14H14N4OS/c1-9(10-5-7-15-8-6-10)18-13-11(16-14(18)20)3-4-12(17-13)19-2/h3-9H,1-2H3,(H,16,20). The second-order valence-corrected chi connectivity index (χ2v) is 4.87. The minimum atomic E-state index is 0.0684. The van der Waals surface area contributed by atoms with Gasteiger partial charge in [-0.05, 0) is 42.9 Å². The average Bonchev–Trinajstić information content (AvgIpc) is 2.82. The van der Waals surface area contributed by atoms with E-state index in [1.807, 2.05) is 28.8 Å². The SMILES string of the molecule is COc1ccc2[nH]c(=S)n(C(C)c3ccncc3)c2n1. The molecule has 3 aromatic rings. The maximum atomic E-state index is 5.42. The number of rotatable bonds is 3. The van der Waals surface area contributed by atoms with E-state index in [1.54, 1.807) is 19.5 Å². The smallest absolute Gasteiger partial charge is 0.215 e. The van der Waals surface area contributed by atoms with Crippen molar-refractivity contribution in [2.45, 2.75) is 13.0 Å². The highest BCUT2D eigenvalue weighted by Crippen LogP contribution is 2.24. The topological polar surface area (TPSA) is 55.7 Å². The first kappa shape index (κ1) is 12.8. The number of ether oxygens (including phenoxy) is 1. The van der Waals surface area contributed by atoms with Crippen LogP contribution in [0.2, 0.25) is 0 Å². The molecule has 0 aliphatic carbocycles. The third-order valence-corrected chi connectivity index (χ3v) is 3.62. The lowest BCUT2D eigenvalue weighted by Gasteiger charge is -2.14. The molecular formula is C14H14N4OS. The molecule has 0 amide bonds. The fourth-order valence-electron chi connectivity index (χ4n) is 2.25. The Morgan fingerprint density at radius 3 is 2.70 bits per heavy atom. The maximum Gasteiger partial charge on any atom is 0.215 e. The first-order valence-corrected chi connectivity index (χ1v) is 6.66. The quantitative estimate of drug-likeness (QED) is 0.752. The summed E-state index contributed by atoms with van der Waals surface area (Å²) in [4.78, 5) is 11.7. The number of methoxy groups -OCH3 is 1. The molecule has 0 aromatic carbocycles. The Kier molecular flexibility index (Phi) is 3.23. The highest BCUT2D eigenvalue weighted by Gasteiger charge is 2.14. The van der Waals surface area contributed by atoms with E-state index in [9.17, 15) is 0 Å². The fraction of sp³-hybridized carbons (Fsp3) is 0.214. The lowest BCUT2D eigenvalue weighted by atomic mass is 10.1. The van der Waals surface area contributed by atoms with Crippen molar-refractivity contribution in [3.63, 3.8) is 0 Å². The summed E-state index contributed by atoms with van der Waals surface area (Å²) in [6, 6.07) is 7.76. The molecule has 0 radical (unpaired) electrons. The predicted octanol–water partition coefficient (Wildman–Crippen LogP) is 3.11.